The molecule has 1 amide bonds. The van der Waals surface area contributed by atoms with E-state index < -0.39 is 0 Å². The van der Waals surface area contributed by atoms with Crippen molar-refractivity contribution in [2.24, 2.45) is 5.41 Å². The summed E-state index contributed by atoms with van der Waals surface area (Å²) in [6.45, 7) is 6.21. The lowest BCUT2D eigenvalue weighted by molar-refractivity contribution is -0.123. The van der Waals surface area contributed by atoms with E-state index >= 15 is 0 Å². The van der Waals surface area contributed by atoms with Gasteiger partial charge in [-0.3, -0.25) is 4.79 Å². The van der Waals surface area contributed by atoms with E-state index in [9.17, 15) is 4.79 Å². The highest BCUT2D eigenvalue weighted by molar-refractivity contribution is 7.80. The van der Waals surface area contributed by atoms with E-state index in [0.29, 0.717) is 6.42 Å². The molecule has 0 saturated heterocycles. The van der Waals surface area contributed by atoms with Gasteiger partial charge in [-0.15, -0.1) is 0 Å². The van der Waals surface area contributed by atoms with Crippen molar-refractivity contribution in [1.29, 1.82) is 0 Å². The number of rotatable bonds is 5. The van der Waals surface area contributed by atoms with E-state index in [4.69, 9.17) is 0 Å². The van der Waals surface area contributed by atoms with E-state index in [-0.39, 0.29) is 16.9 Å². The molecule has 0 atom stereocenters. The molecular weight excluding hydrogens is 194 g/mol. The molecule has 0 aromatic heterocycles. The predicted molar refractivity (Wildman–Crippen MR) is 62.6 cm³/mol. The minimum absolute atomic E-state index is 0.0657. The molecule has 0 heterocycles. The Morgan fingerprint density at radius 3 is 2.43 bits per heavy atom. The van der Waals surface area contributed by atoms with Gasteiger partial charge in [-0.25, -0.2) is 0 Å². The summed E-state index contributed by atoms with van der Waals surface area (Å²) in [6.07, 6.45) is 3.94. The standard InChI is InChI=1S/C11H21NOS/c1-4-10(2,3)12-9(13)7-11(8-14)5-6-11/h14H,4-8H2,1-3H3,(H,12,13). The Morgan fingerprint density at radius 2 is 2.07 bits per heavy atom. The summed E-state index contributed by atoms with van der Waals surface area (Å²) in [4.78, 5) is 11.7. The highest BCUT2D eigenvalue weighted by Crippen LogP contribution is 2.49. The van der Waals surface area contributed by atoms with Crippen LogP contribution in [-0.4, -0.2) is 17.2 Å². The van der Waals surface area contributed by atoms with Crippen LogP contribution < -0.4 is 5.32 Å². The molecule has 0 unspecified atom stereocenters. The molecule has 0 spiro atoms. The van der Waals surface area contributed by atoms with Gasteiger partial charge in [0.05, 0.1) is 0 Å². The van der Waals surface area contributed by atoms with Crippen LogP contribution in [0, 0.1) is 5.41 Å². The summed E-state index contributed by atoms with van der Waals surface area (Å²) in [5.41, 5.74) is 0.167. The van der Waals surface area contributed by atoms with Gasteiger partial charge >= 0.3 is 0 Å². The van der Waals surface area contributed by atoms with Gasteiger partial charge in [0.25, 0.3) is 0 Å². The first kappa shape index (κ1) is 11.9. The van der Waals surface area contributed by atoms with Crippen LogP contribution in [0.2, 0.25) is 0 Å². The maximum atomic E-state index is 11.7. The number of carbonyl (C=O) groups is 1. The second-order valence-electron chi connectivity index (χ2n) is 5.12. The molecular formula is C11H21NOS. The van der Waals surface area contributed by atoms with Crippen molar-refractivity contribution in [2.75, 3.05) is 5.75 Å². The normalized spacial score (nSPS) is 19.1. The molecule has 1 fully saturated rings. The number of carbonyl (C=O) groups excluding carboxylic acids is 1. The third kappa shape index (κ3) is 3.19. The number of thiol groups is 1. The van der Waals surface area contributed by atoms with Crippen molar-refractivity contribution >= 4 is 18.5 Å². The molecule has 82 valence electrons. The molecule has 0 aromatic rings. The van der Waals surface area contributed by atoms with Gasteiger partial charge in [-0.2, -0.15) is 12.6 Å². The molecule has 0 aliphatic heterocycles. The third-order valence-corrected chi connectivity index (χ3v) is 3.86. The fraction of sp³-hybridized carbons (Fsp3) is 0.909. The van der Waals surface area contributed by atoms with Gasteiger partial charge in [0.1, 0.15) is 0 Å². The Hall–Kier alpha value is -0.180. The zero-order chi connectivity index (χ0) is 10.8. The van der Waals surface area contributed by atoms with E-state index in [1.165, 1.54) is 0 Å². The second-order valence-corrected chi connectivity index (χ2v) is 5.44. The first-order valence-corrected chi connectivity index (χ1v) is 5.98. The van der Waals surface area contributed by atoms with Gasteiger partial charge in [-0.1, -0.05) is 6.92 Å². The summed E-state index contributed by atoms with van der Waals surface area (Å²) in [5, 5.41) is 3.06. The van der Waals surface area contributed by atoms with Crippen LogP contribution >= 0.6 is 12.6 Å². The highest BCUT2D eigenvalue weighted by atomic mass is 32.1. The monoisotopic (exact) mass is 215 g/mol. The van der Waals surface area contributed by atoms with Gasteiger partial charge in [0.2, 0.25) is 5.91 Å². The number of hydrogen-bond acceptors (Lipinski definition) is 2. The van der Waals surface area contributed by atoms with Crippen LogP contribution in [0.15, 0.2) is 0 Å². The van der Waals surface area contributed by atoms with Gasteiger partial charge in [0, 0.05) is 12.0 Å². The Balaban J connectivity index is 2.36. The van der Waals surface area contributed by atoms with Gasteiger partial charge in [-0.05, 0) is 44.3 Å². The molecule has 1 rings (SSSR count). The maximum absolute atomic E-state index is 11.7. The molecule has 1 saturated carbocycles. The number of hydrogen-bond donors (Lipinski definition) is 2. The van der Waals surface area contributed by atoms with Crippen LogP contribution in [0.1, 0.15) is 46.5 Å². The summed E-state index contributed by atoms with van der Waals surface area (Å²) >= 11 is 4.29. The second kappa shape index (κ2) is 4.13. The molecule has 1 N–H and O–H groups in total. The summed E-state index contributed by atoms with van der Waals surface area (Å²) in [5.74, 6) is 1.02. The van der Waals surface area contributed by atoms with Gasteiger partial charge in [0.15, 0.2) is 0 Å². The van der Waals surface area contributed by atoms with Crippen molar-refractivity contribution in [3.63, 3.8) is 0 Å². The topological polar surface area (TPSA) is 29.1 Å². The Labute approximate surface area is 92.2 Å². The molecule has 0 bridgehead atoms. The van der Waals surface area contributed by atoms with Crippen LogP contribution in [0.5, 0.6) is 0 Å². The predicted octanol–water partition coefficient (Wildman–Crippen LogP) is 2.39. The Kier molecular flexibility index (Phi) is 3.51. The van der Waals surface area contributed by atoms with Crippen LogP contribution in [0.25, 0.3) is 0 Å². The van der Waals surface area contributed by atoms with Crippen molar-refractivity contribution in [2.45, 2.75) is 52.0 Å². The number of nitrogens with one attached hydrogen (secondary N) is 1. The lowest BCUT2D eigenvalue weighted by Crippen LogP contribution is -2.43. The molecule has 14 heavy (non-hydrogen) atoms. The van der Waals surface area contributed by atoms with E-state index in [1.54, 1.807) is 0 Å². The van der Waals surface area contributed by atoms with Gasteiger partial charge < -0.3 is 5.32 Å². The van der Waals surface area contributed by atoms with E-state index in [1.807, 2.05) is 0 Å². The van der Waals surface area contributed by atoms with Crippen molar-refractivity contribution < 1.29 is 4.79 Å². The fourth-order valence-corrected chi connectivity index (χ4v) is 1.85. The van der Waals surface area contributed by atoms with Crippen molar-refractivity contribution in [3.8, 4) is 0 Å². The quantitative estimate of drug-likeness (QED) is 0.677. The van der Waals surface area contributed by atoms with E-state index in [0.717, 1.165) is 25.0 Å². The molecule has 2 nitrogen and oxygen atoms in total. The SMILES string of the molecule is CCC(C)(C)NC(=O)CC1(CS)CC1. The minimum Gasteiger partial charge on any atom is -0.351 e. The Morgan fingerprint density at radius 1 is 1.50 bits per heavy atom. The molecule has 1 aliphatic carbocycles. The molecule has 0 aromatic carbocycles. The summed E-state index contributed by atoms with van der Waals surface area (Å²) in [6, 6.07) is 0. The van der Waals surface area contributed by atoms with Crippen molar-refractivity contribution in [1.82, 2.24) is 5.32 Å². The van der Waals surface area contributed by atoms with Crippen molar-refractivity contribution in [3.05, 3.63) is 0 Å². The number of amides is 1. The van der Waals surface area contributed by atoms with E-state index in [2.05, 4.69) is 38.7 Å². The first-order valence-electron chi connectivity index (χ1n) is 5.35. The molecule has 3 heteroatoms. The maximum Gasteiger partial charge on any atom is 0.220 e. The van der Waals surface area contributed by atoms with Crippen LogP contribution in [-0.2, 0) is 4.79 Å². The zero-order valence-corrected chi connectivity index (χ0v) is 10.3. The Bertz CT molecular complexity index is 211. The summed E-state index contributed by atoms with van der Waals surface area (Å²) < 4.78 is 0. The fourth-order valence-electron chi connectivity index (χ4n) is 1.42. The molecule has 0 radical (unpaired) electrons. The lowest BCUT2D eigenvalue weighted by atomic mass is 9.99. The molecule has 1 aliphatic rings. The van der Waals surface area contributed by atoms with Crippen LogP contribution in [0.3, 0.4) is 0 Å². The zero-order valence-electron chi connectivity index (χ0n) is 9.39. The third-order valence-electron chi connectivity index (χ3n) is 3.19. The first-order chi connectivity index (χ1) is 6.43. The minimum atomic E-state index is -0.0657. The average Bonchev–Trinajstić information content (AvgIpc) is 2.84. The summed E-state index contributed by atoms with van der Waals surface area (Å²) in [7, 11) is 0. The highest BCUT2D eigenvalue weighted by Gasteiger charge is 2.43. The lowest BCUT2D eigenvalue weighted by Gasteiger charge is -2.25. The average molecular weight is 215 g/mol. The largest absolute Gasteiger partial charge is 0.351 e. The smallest absolute Gasteiger partial charge is 0.220 e. The van der Waals surface area contributed by atoms with Crippen LogP contribution in [0.4, 0.5) is 0 Å².